The molecule has 1 fully saturated rings. The van der Waals surface area contributed by atoms with Gasteiger partial charge in [0, 0.05) is 12.4 Å². The molecule has 0 saturated heterocycles. The van der Waals surface area contributed by atoms with E-state index in [2.05, 4.69) is 15.4 Å². The fourth-order valence-corrected chi connectivity index (χ4v) is 1.59. The molecule has 14 heavy (non-hydrogen) atoms. The molecule has 0 bridgehead atoms. The first-order valence-electron chi connectivity index (χ1n) is 5.13. The molecule has 0 radical (unpaired) electrons. The number of hydrogen-bond acceptors (Lipinski definition) is 4. The van der Waals surface area contributed by atoms with Crippen LogP contribution in [0.25, 0.3) is 0 Å². The van der Waals surface area contributed by atoms with Gasteiger partial charge in [-0.1, -0.05) is 12.8 Å². The molecule has 4 nitrogen and oxygen atoms in total. The predicted molar refractivity (Wildman–Crippen MR) is 54.1 cm³/mol. The topological polar surface area (TPSA) is 63.8 Å². The summed E-state index contributed by atoms with van der Waals surface area (Å²) < 4.78 is 0. The number of aromatic nitrogens is 2. The smallest absolute Gasteiger partial charge is 0.146 e. The third-order valence-electron chi connectivity index (χ3n) is 2.66. The lowest BCUT2D eigenvalue weighted by Gasteiger charge is -2.13. The molecule has 76 valence electrons. The van der Waals surface area contributed by atoms with Crippen molar-refractivity contribution in [2.45, 2.75) is 31.7 Å². The van der Waals surface area contributed by atoms with Gasteiger partial charge in [0.1, 0.15) is 5.82 Å². The Labute approximate surface area is 83.9 Å². The highest BCUT2D eigenvalue weighted by Gasteiger charge is 2.23. The van der Waals surface area contributed by atoms with Gasteiger partial charge in [-0.25, -0.2) is 15.4 Å². The second-order valence-corrected chi connectivity index (χ2v) is 3.85. The SMILES string of the molecule is NNC(CCC1CC1)c1ncccn1. The van der Waals surface area contributed by atoms with E-state index in [9.17, 15) is 0 Å². The first-order chi connectivity index (χ1) is 6.90. The van der Waals surface area contributed by atoms with Crippen LogP contribution >= 0.6 is 0 Å². The molecule has 0 amide bonds. The van der Waals surface area contributed by atoms with Crippen molar-refractivity contribution in [2.24, 2.45) is 11.8 Å². The molecule has 0 aliphatic heterocycles. The summed E-state index contributed by atoms with van der Waals surface area (Å²) in [6, 6.07) is 1.93. The highest BCUT2D eigenvalue weighted by atomic mass is 15.2. The van der Waals surface area contributed by atoms with E-state index in [4.69, 9.17) is 5.84 Å². The van der Waals surface area contributed by atoms with Crippen molar-refractivity contribution in [3.8, 4) is 0 Å². The molecule has 1 unspecified atom stereocenters. The van der Waals surface area contributed by atoms with Crippen molar-refractivity contribution >= 4 is 0 Å². The Morgan fingerprint density at radius 3 is 2.71 bits per heavy atom. The molecule has 1 aliphatic carbocycles. The summed E-state index contributed by atoms with van der Waals surface area (Å²) in [5.41, 5.74) is 2.78. The maximum Gasteiger partial charge on any atom is 0.146 e. The predicted octanol–water partition coefficient (Wildman–Crippen LogP) is 1.17. The van der Waals surface area contributed by atoms with Crippen LogP contribution in [-0.4, -0.2) is 9.97 Å². The van der Waals surface area contributed by atoms with Crippen molar-refractivity contribution < 1.29 is 0 Å². The minimum absolute atomic E-state index is 0.108. The fraction of sp³-hybridized carbons (Fsp3) is 0.600. The Hall–Kier alpha value is -1.00. The molecule has 0 spiro atoms. The summed E-state index contributed by atoms with van der Waals surface area (Å²) in [5.74, 6) is 7.21. The van der Waals surface area contributed by atoms with Crippen LogP contribution in [0.3, 0.4) is 0 Å². The summed E-state index contributed by atoms with van der Waals surface area (Å²) in [5, 5.41) is 0. The highest BCUT2D eigenvalue weighted by molar-refractivity contribution is 4.95. The first-order valence-corrected chi connectivity index (χ1v) is 5.13. The van der Waals surface area contributed by atoms with Crippen LogP contribution in [0.1, 0.15) is 37.5 Å². The molecule has 1 saturated carbocycles. The minimum atomic E-state index is 0.108. The summed E-state index contributed by atoms with van der Waals surface area (Å²) in [6.07, 6.45) is 8.53. The number of hydrazine groups is 1. The third kappa shape index (κ3) is 2.49. The molecule has 3 N–H and O–H groups in total. The Balaban J connectivity index is 1.90. The largest absolute Gasteiger partial charge is 0.271 e. The Morgan fingerprint density at radius 1 is 1.43 bits per heavy atom. The number of nitrogens with one attached hydrogen (secondary N) is 1. The van der Waals surface area contributed by atoms with Crippen LogP contribution in [0.15, 0.2) is 18.5 Å². The Bertz CT molecular complexity index is 271. The number of nitrogens with two attached hydrogens (primary N) is 1. The van der Waals surface area contributed by atoms with Gasteiger partial charge in [0.05, 0.1) is 6.04 Å². The highest BCUT2D eigenvalue weighted by Crippen LogP contribution is 2.35. The van der Waals surface area contributed by atoms with Crippen molar-refractivity contribution in [3.63, 3.8) is 0 Å². The second kappa shape index (κ2) is 4.48. The van der Waals surface area contributed by atoms with Crippen LogP contribution in [0.2, 0.25) is 0 Å². The first kappa shape index (κ1) is 9.55. The normalized spacial score (nSPS) is 18.1. The van der Waals surface area contributed by atoms with E-state index in [0.29, 0.717) is 0 Å². The Kier molecular flexibility index (Phi) is 3.06. The average Bonchev–Trinajstić information content (AvgIpc) is 3.04. The van der Waals surface area contributed by atoms with Gasteiger partial charge in [0.15, 0.2) is 0 Å². The molecule has 4 heteroatoms. The zero-order valence-electron chi connectivity index (χ0n) is 8.19. The molecule has 2 rings (SSSR count). The van der Waals surface area contributed by atoms with Crippen molar-refractivity contribution in [1.29, 1.82) is 0 Å². The lowest BCUT2D eigenvalue weighted by Crippen LogP contribution is -2.29. The molecular weight excluding hydrogens is 176 g/mol. The molecule has 1 aromatic rings. The van der Waals surface area contributed by atoms with Crippen molar-refractivity contribution in [3.05, 3.63) is 24.3 Å². The lowest BCUT2D eigenvalue weighted by molar-refractivity contribution is 0.461. The second-order valence-electron chi connectivity index (χ2n) is 3.85. The monoisotopic (exact) mass is 192 g/mol. The van der Waals surface area contributed by atoms with Gasteiger partial charge in [-0.05, 0) is 24.8 Å². The maximum atomic E-state index is 5.48. The van der Waals surface area contributed by atoms with Crippen LogP contribution in [0.5, 0.6) is 0 Å². The molecule has 1 atom stereocenters. The molecule has 0 aromatic carbocycles. The van der Waals surface area contributed by atoms with Crippen LogP contribution < -0.4 is 11.3 Å². The van der Waals surface area contributed by atoms with Crippen LogP contribution in [-0.2, 0) is 0 Å². The lowest BCUT2D eigenvalue weighted by atomic mass is 10.1. The van der Waals surface area contributed by atoms with Crippen molar-refractivity contribution in [2.75, 3.05) is 0 Å². The summed E-state index contributed by atoms with van der Waals surface area (Å²) >= 11 is 0. The van der Waals surface area contributed by atoms with Gasteiger partial charge >= 0.3 is 0 Å². The number of hydrogen-bond donors (Lipinski definition) is 2. The van der Waals surface area contributed by atoms with Gasteiger partial charge in [-0.3, -0.25) is 5.84 Å². The van der Waals surface area contributed by atoms with Gasteiger partial charge < -0.3 is 0 Å². The minimum Gasteiger partial charge on any atom is -0.271 e. The fourth-order valence-electron chi connectivity index (χ4n) is 1.59. The summed E-state index contributed by atoms with van der Waals surface area (Å²) in [4.78, 5) is 8.39. The van der Waals surface area contributed by atoms with E-state index in [1.165, 1.54) is 19.3 Å². The van der Waals surface area contributed by atoms with Gasteiger partial charge in [-0.15, -0.1) is 0 Å². The molecular formula is C10H16N4. The van der Waals surface area contributed by atoms with Crippen LogP contribution in [0.4, 0.5) is 0 Å². The number of nitrogens with zero attached hydrogens (tertiary/aromatic N) is 2. The van der Waals surface area contributed by atoms with Crippen LogP contribution in [0, 0.1) is 5.92 Å². The molecule has 1 aliphatic rings. The van der Waals surface area contributed by atoms with E-state index >= 15 is 0 Å². The maximum absolute atomic E-state index is 5.48. The quantitative estimate of drug-likeness (QED) is 0.543. The average molecular weight is 192 g/mol. The van der Waals surface area contributed by atoms with Gasteiger partial charge in [0.25, 0.3) is 0 Å². The Morgan fingerprint density at radius 2 is 2.14 bits per heavy atom. The number of rotatable bonds is 5. The van der Waals surface area contributed by atoms with Crippen molar-refractivity contribution in [1.82, 2.24) is 15.4 Å². The third-order valence-corrected chi connectivity index (χ3v) is 2.66. The molecule has 1 aromatic heterocycles. The van der Waals surface area contributed by atoms with Gasteiger partial charge in [-0.2, -0.15) is 0 Å². The van der Waals surface area contributed by atoms with E-state index in [1.54, 1.807) is 12.4 Å². The standard InChI is InChI=1S/C10H16N4/c11-14-9(5-4-8-2-3-8)10-12-6-1-7-13-10/h1,6-9,14H,2-5,11H2. The molecule has 1 heterocycles. The summed E-state index contributed by atoms with van der Waals surface area (Å²) in [7, 11) is 0. The zero-order chi connectivity index (χ0) is 9.80. The van der Waals surface area contributed by atoms with E-state index in [-0.39, 0.29) is 6.04 Å². The summed E-state index contributed by atoms with van der Waals surface area (Å²) in [6.45, 7) is 0. The zero-order valence-corrected chi connectivity index (χ0v) is 8.19. The van der Waals surface area contributed by atoms with E-state index in [0.717, 1.165) is 18.2 Å². The van der Waals surface area contributed by atoms with E-state index < -0.39 is 0 Å². The van der Waals surface area contributed by atoms with E-state index in [1.807, 2.05) is 6.07 Å². The van der Waals surface area contributed by atoms with Gasteiger partial charge in [0.2, 0.25) is 0 Å².